The molecule has 1 heterocycles. The molecule has 0 fully saturated rings. The van der Waals surface area contributed by atoms with Gasteiger partial charge < -0.3 is 9.64 Å². The van der Waals surface area contributed by atoms with Crippen molar-refractivity contribution >= 4 is 45.0 Å². The van der Waals surface area contributed by atoms with Gasteiger partial charge in [-0.15, -0.1) is 12.4 Å². The number of ether oxygens (including phenoxy) is 1. The van der Waals surface area contributed by atoms with Crippen LogP contribution < -0.4 is 9.64 Å². The molecule has 0 N–H and O–H groups in total. The minimum Gasteiger partial charge on any atom is -0.494 e. The summed E-state index contributed by atoms with van der Waals surface area (Å²) < 4.78 is 6.58. The number of rotatable bonds is 9. The van der Waals surface area contributed by atoms with Gasteiger partial charge in [-0.2, -0.15) is 0 Å². The summed E-state index contributed by atoms with van der Waals surface area (Å²) in [6.07, 6.45) is 0. The van der Waals surface area contributed by atoms with Gasteiger partial charge in [0.2, 0.25) is 0 Å². The van der Waals surface area contributed by atoms with Crippen molar-refractivity contribution in [3.05, 3.63) is 54.1 Å². The Morgan fingerprint density at radius 3 is 2.31 bits per heavy atom. The molecule has 3 rings (SSSR count). The standard InChI is InChI=1S/C22H27N3O2S.ClH/c1-4-24(5-2)15-16-25(22-23-19-9-7-8-10-20(19)28-22)21(26)17-11-13-18(14-12-17)27-6-3;/h7-14H,4-6,15-16H2,1-3H3;1H. The lowest BCUT2D eigenvalue weighted by Crippen LogP contribution is -2.38. The van der Waals surface area contributed by atoms with Crippen molar-refractivity contribution in [1.82, 2.24) is 9.88 Å². The average Bonchev–Trinajstić information content (AvgIpc) is 3.15. The Morgan fingerprint density at radius 1 is 1.00 bits per heavy atom. The number of likely N-dealkylation sites (N-methyl/N-ethyl adjacent to an activating group) is 1. The van der Waals surface area contributed by atoms with Gasteiger partial charge in [0.05, 0.1) is 16.8 Å². The highest BCUT2D eigenvalue weighted by Crippen LogP contribution is 2.29. The molecule has 0 atom stereocenters. The number of thiazole rings is 1. The fourth-order valence-electron chi connectivity index (χ4n) is 3.06. The van der Waals surface area contributed by atoms with E-state index in [2.05, 4.69) is 18.7 Å². The summed E-state index contributed by atoms with van der Waals surface area (Å²) in [7, 11) is 0. The van der Waals surface area contributed by atoms with E-state index in [-0.39, 0.29) is 18.3 Å². The van der Waals surface area contributed by atoms with E-state index < -0.39 is 0 Å². The van der Waals surface area contributed by atoms with Crippen molar-refractivity contribution in [1.29, 1.82) is 0 Å². The molecule has 3 aromatic rings. The van der Waals surface area contributed by atoms with Gasteiger partial charge in [0.25, 0.3) is 5.91 Å². The van der Waals surface area contributed by atoms with E-state index in [4.69, 9.17) is 9.72 Å². The van der Waals surface area contributed by atoms with E-state index in [9.17, 15) is 4.79 Å². The highest BCUT2D eigenvalue weighted by molar-refractivity contribution is 7.22. The number of amides is 1. The molecule has 1 aromatic heterocycles. The van der Waals surface area contributed by atoms with Crippen LogP contribution in [0.25, 0.3) is 10.2 Å². The molecular weight excluding hydrogens is 406 g/mol. The van der Waals surface area contributed by atoms with E-state index in [0.717, 1.165) is 40.7 Å². The quantitative estimate of drug-likeness (QED) is 0.470. The number of aromatic nitrogens is 1. The van der Waals surface area contributed by atoms with Crippen LogP contribution in [0.1, 0.15) is 31.1 Å². The molecular formula is C22H28ClN3O2S. The lowest BCUT2D eigenvalue weighted by molar-refractivity contribution is 0.0983. The molecule has 156 valence electrons. The number of hydrogen-bond acceptors (Lipinski definition) is 5. The lowest BCUT2D eigenvalue weighted by atomic mass is 10.2. The molecule has 7 heteroatoms. The molecule has 0 bridgehead atoms. The fraction of sp³-hybridized carbons (Fsp3) is 0.364. The number of anilines is 1. The normalized spacial score (nSPS) is 10.8. The molecule has 0 unspecified atom stereocenters. The summed E-state index contributed by atoms with van der Waals surface area (Å²) in [5.41, 5.74) is 1.57. The van der Waals surface area contributed by atoms with E-state index in [1.54, 1.807) is 16.2 Å². The van der Waals surface area contributed by atoms with E-state index in [1.807, 2.05) is 55.5 Å². The summed E-state index contributed by atoms with van der Waals surface area (Å²) in [5, 5.41) is 0.743. The largest absolute Gasteiger partial charge is 0.494 e. The molecule has 5 nitrogen and oxygen atoms in total. The molecule has 0 aliphatic carbocycles. The van der Waals surface area contributed by atoms with Crippen LogP contribution in [0.5, 0.6) is 5.75 Å². The molecule has 0 saturated heterocycles. The topological polar surface area (TPSA) is 45.7 Å². The third-order valence-electron chi connectivity index (χ3n) is 4.71. The van der Waals surface area contributed by atoms with Gasteiger partial charge >= 0.3 is 0 Å². The molecule has 0 aliphatic heterocycles. The molecule has 0 aliphatic rings. The Balaban J connectivity index is 0.00000300. The average molecular weight is 434 g/mol. The molecule has 2 aromatic carbocycles. The Morgan fingerprint density at radius 2 is 1.69 bits per heavy atom. The first-order chi connectivity index (χ1) is 13.7. The van der Waals surface area contributed by atoms with Gasteiger partial charge in [0, 0.05) is 18.7 Å². The number of fused-ring (bicyclic) bond motifs is 1. The zero-order chi connectivity index (χ0) is 19.9. The van der Waals surface area contributed by atoms with Crippen LogP contribution in [0.4, 0.5) is 5.13 Å². The second-order valence-electron chi connectivity index (χ2n) is 6.41. The minimum absolute atomic E-state index is 0. The van der Waals surface area contributed by atoms with Gasteiger partial charge in [-0.05, 0) is 56.4 Å². The highest BCUT2D eigenvalue weighted by Gasteiger charge is 2.22. The zero-order valence-electron chi connectivity index (χ0n) is 17.1. The first-order valence-corrected chi connectivity index (χ1v) is 10.6. The molecule has 0 radical (unpaired) electrons. The number of halogens is 1. The van der Waals surface area contributed by atoms with Crippen molar-refractivity contribution in [3.63, 3.8) is 0 Å². The Kier molecular flexibility index (Phi) is 8.89. The third-order valence-corrected chi connectivity index (χ3v) is 5.76. The van der Waals surface area contributed by atoms with Gasteiger partial charge in [-0.1, -0.05) is 37.3 Å². The maximum absolute atomic E-state index is 13.3. The summed E-state index contributed by atoms with van der Waals surface area (Å²) in [4.78, 5) is 22.1. The SMILES string of the molecule is CCOc1ccc(C(=O)N(CCN(CC)CC)c2nc3ccccc3s2)cc1.Cl. The monoisotopic (exact) mass is 433 g/mol. The maximum Gasteiger partial charge on any atom is 0.260 e. The van der Waals surface area contributed by atoms with Gasteiger partial charge in [0.15, 0.2) is 5.13 Å². The Hall–Kier alpha value is -2.15. The van der Waals surface area contributed by atoms with E-state index in [1.165, 1.54) is 0 Å². The van der Waals surface area contributed by atoms with Crippen molar-refractivity contribution in [2.24, 2.45) is 0 Å². The van der Waals surface area contributed by atoms with Crippen LogP contribution in [0.15, 0.2) is 48.5 Å². The number of benzene rings is 2. The van der Waals surface area contributed by atoms with Crippen molar-refractivity contribution in [3.8, 4) is 5.75 Å². The maximum atomic E-state index is 13.3. The Bertz CT molecular complexity index is 877. The third kappa shape index (κ3) is 5.69. The van der Waals surface area contributed by atoms with Crippen LogP contribution in [0.3, 0.4) is 0 Å². The second kappa shape index (κ2) is 11.1. The van der Waals surface area contributed by atoms with Crippen LogP contribution >= 0.6 is 23.7 Å². The van der Waals surface area contributed by atoms with Gasteiger partial charge in [-0.3, -0.25) is 9.69 Å². The minimum atomic E-state index is -0.0331. The number of carbonyl (C=O) groups is 1. The Labute approximate surface area is 182 Å². The number of para-hydroxylation sites is 1. The first kappa shape index (κ1) is 23.1. The predicted octanol–water partition coefficient (Wildman–Crippen LogP) is 5.11. The molecule has 1 amide bonds. The van der Waals surface area contributed by atoms with Gasteiger partial charge in [0.1, 0.15) is 5.75 Å². The van der Waals surface area contributed by atoms with Crippen LogP contribution in [-0.4, -0.2) is 48.6 Å². The van der Waals surface area contributed by atoms with E-state index >= 15 is 0 Å². The summed E-state index contributed by atoms with van der Waals surface area (Å²) in [6, 6.07) is 15.3. The van der Waals surface area contributed by atoms with Gasteiger partial charge in [-0.25, -0.2) is 4.98 Å². The van der Waals surface area contributed by atoms with E-state index in [0.29, 0.717) is 18.7 Å². The first-order valence-electron chi connectivity index (χ1n) is 9.78. The van der Waals surface area contributed by atoms with Crippen LogP contribution in [0, 0.1) is 0 Å². The predicted molar refractivity (Wildman–Crippen MR) is 124 cm³/mol. The number of carbonyl (C=O) groups excluding carboxylic acids is 1. The highest BCUT2D eigenvalue weighted by atomic mass is 35.5. The fourth-order valence-corrected chi connectivity index (χ4v) is 4.05. The van der Waals surface area contributed by atoms with Crippen molar-refractivity contribution in [2.45, 2.75) is 20.8 Å². The number of hydrogen-bond donors (Lipinski definition) is 0. The molecule has 0 saturated carbocycles. The van der Waals surface area contributed by atoms with Crippen molar-refractivity contribution < 1.29 is 9.53 Å². The molecule has 0 spiro atoms. The molecule has 29 heavy (non-hydrogen) atoms. The zero-order valence-corrected chi connectivity index (χ0v) is 18.8. The summed E-state index contributed by atoms with van der Waals surface area (Å²) in [5.74, 6) is 0.739. The summed E-state index contributed by atoms with van der Waals surface area (Å²) in [6.45, 7) is 10.2. The van der Waals surface area contributed by atoms with Crippen LogP contribution in [-0.2, 0) is 0 Å². The lowest BCUT2D eigenvalue weighted by Gasteiger charge is -2.24. The van der Waals surface area contributed by atoms with Crippen LogP contribution in [0.2, 0.25) is 0 Å². The summed E-state index contributed by atoms with van der Waals surface area (Å²) >= 11 is 1.56. The smallest absolute Gasteiger partial charge is 0.260 e. The van der Waals surface area contributed by atoms with Crippen molar-refractivity contribution in [2.75, 3.05) is 37.7 Å². The number of nitrogens with zero attached hydrogens (tertiary/aromatic N) is 3. The second-order valence-corrected chi connectivity index (χ2v) is 7.41.